The van der Waals surface area contributed by atoms with Crippen molar-refractivity contribution in [2.45, 2.75) is 33.2 Å². The second kappa shape index (κ2) is 7.52. The molecular formula is C21H21N5OS. The van der Waals surface area contributed by atoms with Crippen LogP contribution in [0.25, 0.3) is 10.2 Å². The Balaban J connectivity index is 1.43. The number of hydrogen-bond acceptors (Lipinski definition) is 6. The number of nitrogens with zero attached hydrogens (tertiary/aromatic N) is 4. The maximum absolute atomic E-state index is 12.6. The summed E-state index contributed by atoms with van der Waals surface area (Å²) >= 11 is 1.65. The molecule has 0 saturated carbocycles. The van der Waals surface area contributed by atoms with Crippen molar-refractivity contribution in [3.8, 4) is 0 Å². The van der Waals surface area contributed by atoms with Crippen LogP contribution in [-0.2, 0) is 13.0 Å². The lowest BCUT2D eigenvalue weighted by Gasteiger charge is -2.09. The molecule has 7 heteroatoms. The molecule has 6 nitrogen and oxygen atoms in total. The second-order valence-electron chi connectivity index (χ2n) is 6.85. The number of nitrogens with two attached hydrogens (primary N) is 1. The fourth-order valence-corrected chi connectivity index (χ4v) is 4.33. The molecule has 0 aliphatic carbocycles. The summed E-state index contributed by atoms with van der Waals surface area (Å²) in [5.41, 5.74) is 10.4. The molecule has 28 heavy (non-hydrogen) atoms. The average Bonchev–Trinajstić information content (AvgIpc) is 3.27. The Kier molecular flexibility index (Phi) is 4.92. The van der Waals surface area contributed by atoms with Crippen molar-refractivity contribution in [1.82, 2.24) is 19.7 Å². The summed E-state index contributed by atoms with van der Waals surface area (Å²) in [4.78, 5) is 21.5. The number of hydrogen-bond donors (Lipinski definition) is 1. The molecule has 1 aromatic carbocycles. The molecule has 0 radical (unpaired) electrons. The normalized spacial score (nSPS) is 11.2. The lowest BCUT2D eigenvalue weighted by atomic mass is 10.00. The highest BCUT2D eigenvalue weighted by atomic mass is 32.1. The molecule has 0 amide bonds. The summed E-state index contributed by atoms with van der Waals surface area (Å²) in [6.07, 6.45) is 4.50. The summed E-state index contributed by atoms with van der Waals surface area (Å²) < 4.78 is 2.93. The van der Waals surface area contributed by atoms with Gasteiger partial charge in [0.05, 0.1) is 28.5 Å². The predicted molar refractivity (Wildman–Crippen MR) is 112 cm³/mol. The Morgan fingerprint density at radius 3 is 2.82 bits per heavy atom. The molecule has 4 rings (SSSR count). The third-order valence-electron chi connectivity index (χ3n) is 4.77. The van der Waals surface area contributed by atoms with E-state index >= 15 is 0 Å². The molecule has 142 valence electrons. The van der Waals surface area contributed by atoms with Crippen LogP contribution in [0.4, 0.5) is 5.82 Å². The number of Topliss-reactive ketones (excluding diaryl/α,β-unsaturated/α-hetero) is 1. The van der Waals surface area contributed by atoms with Gasteiger partial charge in [0.15, 0.2) is 5.78 Å². The summed E-state index contributed by atoms with van der Waals surface area (Å²) in [5, 5.41) is 5.31. The van der Waals surface area contributed by atoms with Crippen LogP contribution < -0.4 is 5.73 Å². The standard InChI is InChI=1S/C21H21N5OS/c1-13-9-20(22)24-14(2)16(13)7-8-18(27)15-10-23-26(11-15)12-21-25-17-5-3-4-6-19(17)28-21/h3-6,9-11H,7-8,12H2,1-2H3,(H2,22,24). The van der Waals surface area contributed by atoms with Crippen LogP contribution in [-0.4, -0.2) is 25.5 Å². The largest absolute Gasteiger partial charge is 0.384 e. The van der Waals surface area contributed by atoms with Crippen molar-refractivity contribution in [3.05, 3.63) is 70.1 Å². The molecule has 0 aliphatic heterocycles. The van der Waals surface area contributed by atoms with E-state index in [0.717, 1.165) is 32.0 Å². The zero-order valence-corrected chi connectivity index (χ0v) is 16.7. The first-order chi connectivity index (χ1) is 13.5. The molecule has 0 bridgehead atoms. The Bertz CT molecular complexity index is 1100. The molecule has 0 spiro atoms. The lowest BCUT2D eigenvalue weighted by molar-refractivity contribution is 0.0982. The minimum atomic E-state index is 0.0752. The maximum Gasteiger partial charge on any atom is 0.166 e. The van der Waals surface area contributed by atoms with Gasteiger partial charge in [-0.1, -0.05) is 12.1 Å². The summed E-state index contributed by atoms with van der Waals surface area (Å²) in [6.45, 7) is 4.49. The molecule has 3 aromatic heterocycles. The molecule has 2 N–H and O–H groups in total. The average molecular weight is 392 g/mol. The van der Waals surface area contributed by atoms with Crippen LogP contribution in [0.1, 0.15) is 38.6 Å². The van der Waals surface area contributed by atoms with Crippen LogP contribution in [0.2, 0.25) is 0 Å². The minimum Gasteiger partial charge on any atom is -0.384 e. The van der Waals surface area contributed by atoms with Crippen molar-refractivity contribution in [1.29, 1.82) is 0 Å². The van der Waals surface area contributed by atoms with Crippen molar-refractivity contribution < 1.29 is 4.79 Å². The first-order valence-electron chi connectivity index (χ1n) is 9.12. The van der Waals surface area contributed by atoms with Gasteiger partial charge in [0.1, 0.15) is 10.8 Å². The second-order valence-corrected chi connectivity index (χ2v) is 7.97. The number of anilines is 1. The van der Waals surface area contributed by atoms with E-state index in [2.05, 4.69) is 21.1 Å². The number of pyridine rings is 1. The molecule has 4 aromatic rings. The predicted octanol–water partition coefficient (Wildman–Crippen LogP) is 3.95. The van der Waals surface area contributed by atoms with Gasteiger partial charge < -0.3 is 5.73 Å². The highest BCUT2D eigenvalue weighted by Crippen LogP contribution is 2.22. The highest BCUT2D eigenvalue weighted by Gasteiger charge is 2.13. The maximum atomic E-state index is 12.6. The van der Waals surface area contributed by atoms with Crippen LogP contribution in [0.5, 0.6) is 0 Å². The van der Waals surface area contributed by atoms with E-state index in [4.69, 9.17) is 5.73 Å². The van der Waals surface area contributed by atoms with Crippen LogP contribution in [0.3, 0.4) is 0 Å². The van der Waals surface area contributed by atoms with E-state index in [1.807, 2.05) is 38.1 Å². The van der Waals surface area contributed by atoms with Gasteiger partial charge in [-0.3, -0.25) is 9.48 Å². The first kappa shape index (κ1) is 18.3. The molecule has 0 fully saturated rings. The molecule has 0 saturated heterocycles. The number of fused-ring (bicyclic) bond motifs is 1. The monoisotopic (exact) mass is 391 g/mol. The topological polar surface area (TPSA) is 86.7 Å². The summed E-state index contributed by atoms with van der Waals surface area (Å²) in [5.74, 6) is 0.590. The van der Waals surface area contributed by atoms with Gasteiger partial charge in [0.2, 0.25) is 0 Å². The quantitative estimate of drug-likeness (QED) is 0.503. The number of thiazole rings is 1. The van der Waals surface area contributed by atoms with Gasteiger partial charge >= 0.3 is 0 Å². The number of aryl methyl sites for hydroxylation is 2. The summed E-state index contributed by atoms with van der Waals surface area (Å²) in [6, 6.07) is 9.91. The Morgan fingerprint density at radius 2 is 2.04 bits per heavy atom. The first-order valence-corrected chi connectivity index (χ1v) is 9.94. The number of benzene rings is 1. The van der Waals surface area contributed by atoms with Crippen molar-refractivity contribution in [3.63, 3.8) is 0 Å². The number of ketones is 1. The van der Waals surface area contributed by atoms with Gasteiger partial charge in [-0.15, -0.1) is 11.3 Å². The number of carbonyl (C=O) groups excluding carboxylic acids is 1. The van der Waals surface area contributed by atoms with E-state index in [1.54, 1.807) is 28.4 Å². The van der Waals surface area contributed by atoms with Crippen LogP contribution >= 0.6 is 11.3 Å². The number of carbonyl (C=O) groups is 1. The Hall–Kier alpha value is -3.06. The van der Waals surface area contributed by atoms with Crippen molar-refractivity contribution in [2.75, 3.05) is 5.73 Å². The Labute approximate surface area is 167 Å². The lowest BCUT2D eigenvalue weighted by Crippen LogP contribution is -2.05. The number of para-hydroxylation sites is 1. The number of nitrogen functional groups attached to an aromatic ring is 1. The fraction of sp³-hybridized carbons (Fsp3) is 0.238. The zero-order valence-electron chi connectivity index (χ0n) is 15.8. The minimum absolute atomic E-state index is 0.0752. The van der Waals surface area contributed by atoms with Crippen LogP contribution in [0.15, 0.2) is 42.7 Å². The summed E-state index contributed by atoms with van der Waals surface area (Å²) in [7, 11) is 0. The fourth-order valence-electron chi connectivity index (χ4n) is 3.37. The van der Waals surface area contributed by atoms with E-state index in [0.29, 0.717) is 30.8 Å². The van der Waals surface area contributed by atoms with Gasteiger partial charge in [-0.25, -0.2) is 9.97 Å². The van der Waals surface area contributed by atoms with Crippen molar-refractivity contribution in [2.24, 2.45) is 0 Å². The SMILES string of the molecule is Cc1cc(N)nc(C)c1CCC(=O)c1cnn(Cc2nc3ccccc3s2)c1. The molecule has 3 heterocycles. The van der Waals surface area contributed by atoms with E-state index in [1.165, 1.54) is 0 Å². The number of aromatic nitrogens is 4. The van der Waals surface area contributed by atoms with Gasteiger partial charge in [-0.05, 0) is 49.6 Å². The molecule has 0 unspecified atom stereocenters. The van der Waals surface area contributed by atoms with Crippen LogP contribution in [0, 0.1) is 13.8 Å². The molecular weight excluding hydrogens is 370 g/mol. The molecule has 0 atom stereocenters. The third-order valence-corrected chi connectivity index (χ3v) is 5.79. The van der Waals surface area contributed by atoms with Gasteiger partial charge in [0.25, 0.3) is 0 Å². The Morgan fingerprint density at radius 1 is 1.21 bits per heavy atom. The van der Waals surface area contributed by atoms with E-state index in [-0.39, 0.29) is 5.78 Å². The van der Waals surface area contributed by atoms with Crippen molar-refractivity contribution >= 4 is 33.2 Å². The molecule has 0 aliphatic rings. The smallest absolute Gasteiger partial charge is 0.166 e. The number of rotatable bonds is 6. The van der Waals surface area contributed by atoms with Gasteiger partial charge in [0, 0.05) is 18.3 Å². The third kappa shape index (κ3) is 3.80. The van der Waals surface area contributed by atoms with E-state index < -0.39 is 0 Å². The highest BCUT2D eigenvalue weighted by molar-refractivity contribution is 7.18. The van der Waals surface area contributed by atoms with Gasteiger partial charge in [-0.2, -0.15) is 5.10 Å². The zero-order chi connectivity index (χ0) is 19.7. The van der Waals surface area contributed by atoms with E-state index in [9.17, 15) is 4.79 Å².